The zero-order valence-electron chi connectivity index (χ0n) is 12.0. The van der Waals surface area contributed by atoms with E-state index in [1.54, 1.807) is 6.92 Å². The maximum absolute atomic E-state index is 11.8. The monoisotopic (exact) mass is 303 g/mol. The zero-order chi connectivity index (χ0) is 15.0. The van der Waals surface area contributed by atoms with Crippen LogP contribution in [0.4, 0.5) is 10.5 Å². The number of nitrogens with one attached hydrogen (secondary N) is 1. The molecule has 110 valence electrons. The van der Waals surface area contributed by atoms with Crippen LogP contribution in [0.3, 0.4) is 0 Å². The summed E-state index contributed by atoms with van der Waals surface area (Å²) in [6, 6.07) is 6.11. The molecule has 3 rings (SSSR count). The second-order valence-corrected chi connectivity index (χ2v) is 6.59. The lowest BCUT2D eigenvalue weighted by Crippen LogP contribution is -2.34. The Balaban J connectivity index is 2.00. The summed E-state index contributed by atoms with van der Waals surface area (Å²) in [5.41, 5.74) is 6.48. The lowest BCUT2D eigenvalue weighted by molar-refractivity contribution is -0.116. The fraction of sp³-hybridized carbons (Fsp3) is 0.400. The van der Waals surface area contributed by atoms with E-state index in [-0.39, 0.29) is 16.4 Å². The Bertz CT molecular complexity index is 642. The molecule has 0 radical (unpaired) electrons. The molecule has 0 spiro atoms. The Morgan fingerprint density at radius 3 is 3.00 bits per heavy atom. The average Bonchev–Trinajstić information content (AvgIpc) is 2.46. The summed E-state index contributed by atoms with van der Waals surface area (Å²) in [5.74, 6) is 0.0643. The SMILES string of the molecule is CC(=O)N1CCCc2ccc(C3=NNC(=O)SC3C)cc21. The minimum atomic E-state index is -0.130. The minimum Gasteiger partial charge on any atom is -0.312 e. The first kappa shape index (κ1) is 14.1. The number of fused-ring (bicyclic) bond motifs is 1. The molecule has 0 fully saturated rings. The van der Waals surface area contributed by atoms with Crippen LogP contribution in [0, 0.1) is 0 Å². The number of carbonyl (C=O) groups excluding carboxylic acids is 2. The van der Waals surface area contributed by atoms with Gasteiger partial charge in [-0.05, 0) is 31.4 Å². The standard InChI is InChI=1S/C15H17N3O2S/c1-9-14(16-17-15(20)21-9)12-6-5-11-4-3-7-18(10(2)19)13(11)8-12/h5-6,8-9H,3-4,7H2,1-2H3,(H,17,20). The average molecular weight is 303 g/mol. The summed E-state index contributed by atoms with van der Waals surface area (Å²) in [5, 5.41) is 4.05. The number of carbonyl (C=O) groups is 2. The molecule has 0 saturated carbocycles. The lowest BCUT2D eigenvalue weighted by atomic mass is 9.97. The predicted molar refractivity (Wildman–Crippen MR) is 84.9 cm³/mol. The number of hydrazone groups is 1. The van der Waals surface area contributed by atoms with Crippen LogP contribution in [0.15, 0.2) is 23.3 Å². The second-order valence-electron chi connectivity index (χ2n) is 5.27. The molecular weight excluding hydrogens is 286 g/mol. The number of rotatable bonds is 1. The first-order chi connectivity index (χ1) is 10.1. The molecule has 2 heterocycles. The van der Waals surface area contributed by atoms with E-state index >= 15 is 0 Å². The summed E-state index contributed by atoms with van der Waals surface area (Å²) in [6.45, 7) is 4.32. The molecule has 5 nitrogen and oxygen atoms in total. The van der Waals surface area contributed by atoms with E-state index in [1.807, 2.05) is 24.0 Å². The number of anilines is 1. The third-order valence-electron chi connectivity index (χ3n) is 3.82. The van der Waals surface area contributed by atoms with E-state index in [9.17, 15) is 9.59 Å². The molecule has 2 aliphatic rings. The van der Waals surface area contributed by atoms with Crippen molar-refractivity contribution in [3.8, 4) is 0 Å². The second kappa shape index (κ2) is 5.52. The van der Waals surface area contributed by atoms with Crippen LogP contribution in [0.5, 0.6) is 0 Å². The summed E-state index contributed by atoms with van der Waals surface area (Å²) in [4.78, 5) is 24.9. The number of nitrogens with zero attached hydrogens (tertiary/aromatic N) is 2. The van der Waals surface area contributed by atoms with Crippen LogP contribution in [-0.4, -0.2) is 28.7 Å². The first-order valence-electron chi connectivity index (χ1n) is 7.02. The van der Waals surface area contributed by atoms with E-state index < -0.39 is 0 Å². The highest BCUT2D eigenvalue weighted by molar-refractivity contribution is 8.14. The molecule has 21 heavy (non-hydrogen) atoms. The van der Waals surface area contributed by atoms with Gasteiger partial charge in [-0.15, -0.1) is 0 Å². The van der Waals surface area contributed by atoms with Crippen LogP contribution in [0.1, 0.15) is 31.4 Å². The van der Waals surface area contributed by atoms with Crippen LogP contribution in [-0.2, 0) is 11.2 Å². The molecule has 1 unspecified atom stereocenters. The molecule has 2 amide bonds. The normalized spacial score (nSPS) is 21.4. The fourth-order valence-corrected chi connectivity index (χ4v) is 3.52. The predicted octanol–water partition coefficient (Wildman–Crippen LogP) is 2.53. The van der Waals surface area contributed by atoms with Crippen molar-refractivity contribution in [1.29, 1.82) is 0 Å². The molecule has 1 aromatic rings. The number of thioether (sulfide) groups is 1. The van der Waals surface area contributed by atoms with Gasteiger partial charge in [0.25, 0.3) is 5.24 Å². The molecule has 2 aliphatic heterocycles. The maximum atomic E-state index is 11.8. The lowest BCUT2D eigenvalue weighted by Gasteiger charge is -2.29. The molecule has 1 aromatic carbocycles. The fourth-order valence-electron chi connectivity index (χ4n) is 2.80. The van der Waals surface area contributed by atoms with Gasteiger partial charge in [0.1, 0.15) is 0 Å². The zero-order valence-corrected chi connectivity index (χ0v) is 12.9. The van der Waals surface area contributed by atoms with Crippen LogP contribution in [0.2, 0.25) is 0 Å². The van der Waals surface area contributed by atoms with Crippen molar-refractivity contribution >= 4 is 34.3 Å². The smallest absolute Gasteiger partial charge is 0.299 e. The van der Waals surface area contributed by atoms with Crippen molar-refractivity contribution in [3.05, 3.63) is 29.3 Å². The van der Waals surface area contributed by atoms with Gasteiger partial charge < -0.3 is 4.90 Å². The largest absolute Gasteiger partial charge is 0.312 e. The number of hydrogen-bond donors (Lipinski definition) is 1. The summed E-state index contributed by atoms with van der Waals surface area (Å²) in [6.07, 6.45) is 1.99. The van der Waals surface area contributed by atoms with Crippen LogP contribution >= 0.6 is 11.8 Å². The molecule has 0 aromatic heterocycles. The van der Waals surface area contributed by atoms with E-state index in [1.165, 1.54) is 17.3 Å². The summed E-state index contributed by atoms with van der Waals surface area (Å²) in [7, 11) is 0. The highest BCUT2D eigenvalue weighted by Gasteiger charge is 2.25. The van der Waals surface area contributed by atoms with E-state index in [0.717, 1.165) is 36.3 Å². The van der Waals surface area contributed by atoms with Gasteiger partial charge in [0, 0.05) is 24.7 Å². The Morgan fingerprint density at radius 1 is 1.48 bits per heavy atom. The topological polar surface area (TPSA) is 61.8 Å². The third kappa shape index (κ3) is 2.68. The van der Waals surface area contributed by atoms with Gasteiger partial charge in [-0.25, -0.2) is 5.43 Å². The maximum Gasteiger partial charge on any atom is 0.299 e. The molecule has 6 heteroatoms. The van der Waals surface area contributed by atoms with Gasteiger partial charge in [0.05, 0.1) is 11.0 Å². The molecule has 1 N–H and O–H groups in total. The van der Waals surface area contributed by atoms with Gasteiger partial charge in [0.2, 0.25) is 5.91 Å². The first-order valence-corrected chi connectivity index (χ1v) is 7.90. The van der Waals surface area contributed by atoms with E-state index in [4.69, 9.17) is 0 Å². The molecule has 0 saturated heterocycles. The van der Waals surface area contributed by atoms with Crippen LogP contribution in [0.25, 0.3) is 0 Å². The van der Waals surface area contributed by atoms with Crippen molar-refractivity contribution < 1.29 is 9.59 Å². The third-order valence-corrected chi connectivity index (χ3v) is 4.70. The van der Waals surface area contributed by atoms with Crippen molar-refractivity contribution in [3.63, 3.8) is 0 Å². The highest BCUT2D eigenvalue weighted by atomic mass is 32.2. The van der Waals surface area contributed by atoms with Crippen molar-refractivity contribution in [2.24, 2.45) is 5.10 Å². The molecule has 0 bridgehead atoms. The summed E-state index contributed by atoms with van der Waals surface area (Å²) >= 11 is 1.23. The van der Waals surface area contributed by atoms with Crippen molar-refractivity contribution in [2.75, 3.05) is 11.4 Å². The Labute approximate surface area is 127 Å². The number of benzene rings is 1. The van der Waals surface area contributed by atoms with Gasteiger partial charge >= 0.3 is 0 Å². The van der Waals surface area contributed by atoms with E-state index in [0.29, 0.717) is 0 Å². The van der Waals surface area contributed by atoms with Gasteiger partial charge in [0.15, 0.2) is 0 Å². The number of amides is 2. The number of aryl methyl sites for hydroxylation is 1. The van der Waals surface area contributed by atoms with E-state index in [2.05, 4.69) is 16.6 Å². The van der Waals surface area contributed by atoms with Crippen molar-refractivity contribution in [1.82, 2.24) is 5.43 Å². The van der Waals surface area contributed by atoms with Gasteiger partial charge in [-0.2, -0.15) is 5.10 Å². The van der Waals surface area contributed by atoms with Crippen LogP contribution < -0.4 is 10.3 Å². The molecular formula is C15H17N3O2S. The molecule has 1 atom stereocenters. The highest BCUT2D eigenvalue weighted by Crippen LogP contribution is 2.30. The Morgan fingerprint density at radius 2 is 2.29 bits per heavy atom. The number of hydrogen-bond acceptors (Lipinski definition) is 4. The summed E-state index contributed by atoms with van der Waals surface area (Å²) < 4.78 is 0. The Kier molecular flexibility index (Phi) is 3.71. The molecule has 0 aliphatic carbocycles. The van der Waals surface area contributed by atoms with Gasteiger partial charge in [-0.1, -0.05) is 23.9 Å². The minimum absolute atomic E-state index is 0.00571. The van der Waals surface area contributed by atoms with Gasteiger partial charge in [-0.3, -0.25) is 9.59 Å². The Hall–Kier alpha value is -1.82. The quantitative estimate of drug-likeness (QED) is 0.867. The van der Waals surface area contributed by atoms with Crippen molar-refractivity contribution in [2.45, 2.75) is 31.9 Å².